The Labute approximate surface area is 85.2 Å². The first-order valence-electron chi connectivity index (χ1n) is 4.57. The molecule has 0 aromatic rings. The van der Waals surface area contributed by atoms with Crippen molar-refractivity contribution in [2.24, 2.45) is 0 Å². The van der Waals surface area contributed by atoms with Crippen molar-refractivity contribution in [1.29, 1.82) is 0 Å². The van der Waals surface area contributed by atoms with E-state index in [9.17, 15) is 4.79 Å². The standard InChI is InChI=1S/C10H17NO3/c1-5-13-10(14-6-2)8-7-9(12)11(3)4/h10H,5-6H2,1-4H3. The highest BCUT2D eigenvalue weighted by atomic mass is 16.7. The monoisotopic (exact) mass is 199 g/mol. The third-order valence-electron chi connectivity index (χ3n) is 1.34. The molecule has 0 aromatic carbocycles. The minimum absolute atomic E-state index is 0.255. The van der Waals surface area contributed by atoms with Gasteiger partial charge in [-0.05, 0) is 19.8 Å². The molecule has 0 aliphatic heterocycles. The van der Waals surface area contributed by atoms with Crippen LogP contribution in [0.1, 0.15) is 13.8 Å². The average Bonchev–Trinajstić information content (AvgIpc) is 2.14. The summed E-state index contributed by atoms with van der Waals surface area (Å²) in [6.45, 7) is 4.72. The highest BCUT2D eigenvalue weighted by molar-refractivity contribution is 5.93. The Morgan fingerprint density at radius 3 is 2.14 bits per heavy atom. The molecule has 0 saturated heterocycles. The maximum absolute atomic E-state index is 11.1. The molecule has 0 rings (SSSR count). The first-order valence-corrected chi connectivity index (χ1v) is 4.57. The first-order chi connectivity index (χ1) is 6.61. The lowest BCUT2D eigenvalue weighted by Crippen LogP contribution is -2.21. The summed E-state index contributed by atoms with van der Waals surface area (Å²) in [5, 5.41) is 0. The number of carbonyl (C=O) groups excluding carboxylic acids is 1. The van der Waals surface area contributed by atoms with Crippen LogP contribution in [-0.2, 0) is 14.3 Å². The Balaban J connectivity index is 4.18. The maximum Gasteiger partial charge on any atom is 0.298 e. The molecular formula is C10H17NO3. The Hall–Kier alpha value is -1.05. The van der Waals surface area contributed by atoms with Crippen LogP contribution in [0.25, 0.3) is 0 Å². The van der Waals surface area contributed by atoms with E-state index in [0.29, 0.717) is 13.2 Å². The van der Waals surface area contributed by atoms with Crippen molar-refractivity contribution in [2.45, 2.75) is 20.1 Å². The van der Waals surface area contributed by atoms with E-state index in [-0.39, 0.29) is 5.91 Å². The van der Waals surface area contributed by atoms with Gasteiger partial charge in [-0.25, -0.2) is 0 Å². The minimum atomic E-state index is -0.603. The largest absolute Gasteiger partial charge is 0.342 e. The molecule has 0 saturated carbocycles. The number of rotatable bonds is 4. The van der Waals surface area contributed by atoms with E-state index < -0.39 is 6.29 Å². The van der Waals surface area contributed by atoms with Gasteiger partial charge in [0.2, 0.25) is 6.29 Å². The number of hydrogen-bond donors (Lipinski definition) is 0. The highest BCUT2D eigenvalue weighted by Crippen LogP contribution is 1.92. The van der Waals surface area contributed by atoms with E-state index in [4.69, 9.17) is 9.47 Å². The molecule has 0 aromatic heterocycles. The van der Waals surface area contributed by atoms with Gasteiger partial charge in [-0.15, -0.1) is 0 Å². The molecule has 0 heterocycles. The number of carbonyl (C=O) groups is 1. The quantitative estimate of drug-likeness (QED) is 0.488. The number of ether oxygens (including phenoxy) is 2. The summed E-state index contributed by atoms with van der Waals surface area (Å²) in [5.41, 5.74) is 0. The van der Waals surface area contributed by atoms with Crippen LogP contribution in [0.15, 0.2) is 0 Å². The van der Waals surface area contributed by atoms with Crippen LogP contribution >= 0.6 is 0 Å². The van der Waals surface area contributed by atoms with Crippen molar-refractivity contribution in [2.75, 3.05) is 27.3 Å². The molecule has 14 heavy (non-hydrogen) atoms. The number of hydrogen-bond acceptors (Lipinski definition) is 3. The lowest BCUT2D eigenvalue weighted by atomic mass is 10.5. The van der Waals surface area contributed by atoms with Crippen LogP contribution in [0.4, 0.5) is 0 Å². The van der Waals surface area contributed by atoms with Crippen LogP contribution in [0.5, 0.6) is 0 Å². The lowest BCUT2D eigenvalue weighted by molar-refractivity contribution is -0.123. The molecule has 4 nitrogen and oxygen atoms in total. The van der Waals surface area contributed by atoms with Crippen molar-refractivity contribution in [3.05, 3.63) is 0 Å². The normalized spacial score (nSPS) is 9.50. The van der Waals surface area contributed by atoms with Crippen molar-refractivity contribution < 1.29 is 14.3 Å². The van der Waals surface area contributed by atoms with E-state index in [2.05, 4.69) is 11.8 Å². The molecule has 0 fully saturated rings. The van der Waals surface area contributed by atoms with Crippen molar-refractivity contribution in [1.82, 2.24) is 4.90 Å². The molecule has 1 amide bonds. The topological polar surface area (TPSA) is 38.8 Å². The summed E-state index contributed by atoms with van der Waals surface area (Å²) >= 11 is 0. The molecular weight excluding hydrogens is 182 g/mol. The molecule has 0 atom stereocenters. The fraction of sp³-hybridized carbons (Fsp3) is 0.700. The molecule has 0 N–H and O–H groups in total. The predicted molar refractivity (Wildman–Crippen MR) is 53.5 cm³/mol. The van der Waals surface area contributed by atoms with E-state index in [0.717, 1.165) is 0 Å². The van der Waals surface area contributed by atoms with Gasteiger partial charge >= 0.3 is 0 Å². The van der Waals surface area contributed by atoms with Crippen molar-refractivity contribution >= 4 is 5.91 Å². The van der Waals surface area contributed by atoms with E-state index in [1.807, 2.05) is 13.8 Å². The summed E-state index contributed by atoms with van der Waals surface area (Å²) in [7, 11) is 3.29. The van der Waals surface area contributed by atoms with Gasteiger partial charge in [0.25, 0.3) is 5.91 Å². The molecule has 0 radical (unpaired) electrons. The second-order valence-corrected chi connectivity index (χ2v) is 2.71. The van der Waals surface area contributed by atoms with Crippen molar-refractivity contribution in [3.63, 3.8) is 0 Å². The van der Waals surface area contributed by atoms with Crippen LogP contribution in [-0.4, -0.2) is 44.4 Å². The first kappa shape index (κ1) is 12.9. The predicted octanol–water partition coefficient (Wildman–Crippen LogP) is 0.477. The Morgan fingerprint density at radius 2 is 1.79 bits per heavy atom. The van der Waals surface area contributed by atoms with Gasteiger partial charge in [0, 0.05) is 33.2 Å². The third-order valence-corrected chi connectivity index (χ3v) is 1.34. The van der Waals surface area contributed by atoms with Gasteiger partial charge in [0.15, 0.2) is 0 Å². The van der Waals surface area contributed by atoms with Crippen LogP contribution < -0.4 is 0 Å². The SMILES string of the molecule is CCOC(C#CC(=O)N(C)C)OCC. The fourth-order valence-corrected chi connectivity index (χ4v) is 0.667. The number of amides is 1. The van der Waals surface area contributed by atoms with Gasteiger partial charge in [-0.2, -0.15) is 0 Å². The van der Waals surface area contributed by atoms with Gasteiger partial charge < -0.3 is 14.4 Å². The fourth-order valence-electron chi connectivity index (χ4n) is 0.667. The Kier molecular flexibility index (Phi) is 6.81. The van der Waals surface area contributed by atoms with E-state index >= 15 is 0 Å². The molecule has 0 unspecified atom stereocenters. The van der Waals surface area contributed by atoms with Gasteiger partial charge in [-0.3, -0.25) is 4.79 Å². The van der Waals surface area contributed by atoms with Gasteiger partial charge in [0.05, 0.1) is 0 Å². The Morgan fingerprint density at radius 1 is 1.29 bits per heavy atom. The molecule has 80 valence electrons. The third kappa shape index (κ3) is 5.57. The highest BCUT2D eigenvalue weighted by Gasteiger charge is 2.03. The molecule has 0 aliphatic carbocycles. The van der Waals surface area contributed by atoms with Crippen LogP contribution in [0, 0.1) is 11.8 Å². The van der Waals surface area contributed by atoms with E-state index in [1.165, 1.54) is 4.90 Å². The zero-order valence-corrected chi connectivity index (χ0v) is 9.16. The molecule has 0 aliphatic rings. The molecule has 4 heteroatoms. The minimum Gasteiger partial charge on any atom is -0.342 e. The zero-order chi connectivity index (χ0) is 11.0. The summed E-state index contributed by atoms with van der Waals surface area (Å²) in [5.74, 6) is 4.80. The molecule has 0 bridgehead atoms. The second-order valence-electron chi connectivity index (χ2n) is 2.71. The lowest BCUT2D eigenvalue weighted by Gasteiger charge is -2.10. The summed E-state index contributed by atoms with van der Waals surface area (Å²) in [4.78, 5) is 12.5. The van der Waals surface area contributed by atoms with Gasteiger partial charge in [-0.1, -0.05) is 0 Å². The summed E-state index contributed by atoms with van der Waals surface area (Å²) < 4.78 is 10.3. The maximum atomic E-state index is 11.1. The smallest absolute Gasteiger partial charge is 0.298 e. The summed E-state index contributed by atoms with van der Waals surface area (Å²) in [6.07, 6.45) is -0.603. The second kappa shape index (κ2) is 7.36. The Bertz CT molecular complexity index is 221. The molecule has 0 spiro atoms. The van der Waals surface area contributed by atoms with Crippen LogP contribution in [0.3, 0.4) is 0 Å². The average molecular weight is 199 g/mol. The van der Waals surface area contributed by atoms with Gasteiger partial charge in [0.1, 0.15) is 0 Å². The summed E-state index contributed by atoms with van der Waals surface area (Å²) in [6, 6.07) is 0. The van der Waals surface area contributed by atoms with E-state index in [1.54, 1.807) is 14.1 Å². The van der Waals surface area contributed by atoms with Crippen LogP contribution in [0.2, 0.25) is 0 Å². The number of nitrogens with zero attached hydrogens (tertiary/aromatic N) is 1. The van der Waals surface area contributed by atoms with Crippen molar-refractivity contribution in [3.8, 4) is 11.8 Å². The zero-order valence-electron chi connectivity index (χ0n) is 9.16.